The molecule has 8 nitrogen and oxygen atoms in total. The molecule has 0 fully saturated rings. The molecule has 106 valence electrons. The van der Waals surface area contributed by atoms with E-state index in [1.54, 1.807) is 24.4 Å². The van der Waals surface area contributed by atoms with Gasteiger partial charge >= 0.3 is 0 Å². The van der Waals surface area contributed by atoms with E-state index in [1.807, 2.05) is 0 Å². The first-order chi connectivity index (χ1) is 10.3. The van der Waals surface area contributed by atoms with E-state index < -0.39 is 0 Å². The van der Waals surface area contributed by atoms with Crippen molar-refractivity contribution in [2.24, 2.45) is 10.2 Å². The van der Waals surface area contributed by atoms with Crippen molar-refractivity contribution in [1.29, 1.82) is 0 Å². The minimum Gasteiger partial charge on any atom is -0.504 e. The Hall–Kier alpha value is -3.03. The van der Waals surface area contributed by atoms with Gasteiger partial charge in [-0.2, -0.15) is 10.2 Å². The number of aromatic nitrogens is 4. The van der Waals surface area contributed by atoms with Gasteiger partial charge in [0.2, 0.25) is 0 Å². The van der Waals surface area contributed by atoms with Gasteiger partial charge in [0.1, 0.15) is 6.33 Å². The van der Waals surface area contributed by atoms with Gasteiger partial charge in [-0.05, 0) is 17.7 Å². The third-order valence-electron chi connectivity index (χ3n) is 2.89. The van der Waals surface area contributed by atoms with Gasteiger partial charge in [-0.1, -0.05) is 6.07 Å². The van der Waals surface area contributed by atoms with Gasteiger partial charge in [0.05, 0.1) is 25.2 Å². The van der Waals surface area contributed by atoms with Crippen LogP contribution in [0.1, 0.15) is 5.56 Å². The molecule has 0 amide bonds. The van der Waals surface area contributed by atoms with Crippen LogP contribution in [-0.2, 0) is 6.54 Å². The fourth-order valence-electron chi connectivity index (χ4n) is 1.84. The van der Waals surface area contributed by atoms with Crippen LogP contribution in [0.25, 0.3) is 11.0 Å². The largest absolute Gasteiger partial charge is 0.504 e. The maximum atomic E-state index is 9.53. The summed E-state index contributed by atoms with van der Waals surface area (Å²) in [7, 11) is 1.50. The van der Waals surface area contributed by atoms with E-state index in [-0.39, 0.29) is 5.75 Å². The molecule has 0 spiro atoms. The highest BCUT2D eigenvalue weighted by molar-refractivity contribution is 5.83. The monoisotopic (exact) mass is 284 g/mol. The van der Waals surface area contributed by atoms with Gasteiger partial charge < -0.3 is 9.84 Å². The zero-order valence-electron chi connectivity index (χ0n) is 11.2. The second-order valence-corrected chi connectivity index (χ2v) is 4.24. The molecule has 21 heavy (non-hydrogen) atoms. The summed E-state index contributed by atoms with van der Waals surface area (Å²) in [5.74, 6) is 0.954. The van der Waals surface area contributed by atoms with Gasteiger partial charge in [-0.3, -0.25) is 5.10 Å². The Balaban J connectivity index is 1.79. The Bertz CT molecular complexity index is 798. The van der Waals surface area contributed by atoms with Crippen LogP contribution in [0.4, 0.5) is 5.82 Å². The Morgan fingerprint density at radius 1 is 1.33 bits per heavy atom. The lowest BCUT2D eigenvalue weighted by Crippen LogP contribution is -1.87. The van der Waals surface area contributed by atoms with Gasteiger partial charge in [0.15, 0.2) is 23.0 Å². The fraction of sp³-hybridized carbons (Fsp3) is 0.154. The molecule has 0 atom stereocenters. The Labute approximate surface area is 119 Å². The second-order valence-electron chi connectivity index (χ2n) is 4.24. The number of phenols is 1. The first-order valence-corrected chi connectivity index (χ1v) is 6.15. The number of hydrogen-bond acceptors (Lipinski definition) is 7. The molecule has 0 aliphatic carbocycles. The minimum absolute atomic E-state index is 0.0918. The number of aromatic amines is 1. The number of azo groups is 1. The second kappa shape index (κ2) is 5.53. The smallest absolute Gasteiger partial charge is 0.188 e. The summed E-state index contributed by atoms with van der Waals surface area (Å²) in [6, 6.07) is 5.02. The number of ether oxygens (including phenoxy) is 1. The van der Waals surface area contributed by atoms with Crippen molar-refractivity contribution < 1.29 is 9.84 Å². The molecule has 0 aliphatic rings. The van der Waals surface area contributed by atoms with Crippen molar-refractivity contribution >= 4 is 16.9 Å². The third-order valence-corrected chi connectivity index (χ3v) is 2.89. The molecule has 0 unspecified atom stereocenters. The number of rotatable bonds is 4. The molecule has 2 aromatic heterocycles. The molecule has 0 aliphatic heterocycles. The number of benzene rings is 1. The molecule has 0 bridgehead atoms. The summed E-state index contributed by atoms with van der Waals surface area (Å²) >= 11 is 0. The third kappa shape index (κ3) is 2.64. The van der Waals surface area contributed by atoms with Crippen LogP contribution in [0, 0.1) is 0 Å². The van der Waals surface area contributed by atoms with Gasteiger partial charge in [-0.25, -0.2) is 9.97 Å². The first-order valence-electron chi connectivity index (χ1n) is 6.15. The molecule has 2 heterocycles. The van der Waals surface area contributed by atoms with E-state index in [2.05, 4.69) is 30.4 Å². The molecule has 3 rings (SSSR count). The van der Waals surface area contributed by atoms with Crippen LogP contribution < -0.4 is 4.74 Å². The number of methoxy groups -OCH3 is 1. The molecular weight excluding hydrogens is 272 g/mol. The van der Waals surface area contributed by atoms with Crippen molar-refractivity contribution in [3.05, 3.63) is 36.3 Å². The zero-order valence-corrected chi connectivity index (χ0v) is 11.2. The molecule has 0 saturated heterocycles. The van der Waals surface area contributed by atoms with Crippen molar-refractivity contribution in [3.63, 3.8) is 0 Å². The van der Waals surface area contributed by atoms with Gasteiger partial charge in [-0.15, -0.1) is 5.11 Å². The van der Waals surface area contributed by atoms with Gasteiger partial charge in [0.25, 0.3) is 0 Å². The van der Waals surface area contributed by atoms with Crippen LogP contribution >= 0.6 is 0 Å². The van der Waals surface area contributed by atoms with E-state index in [4.69, 9.17) is 4.74 Å². The Kier molecular flexibility index (Phi) is 3.42. The number of phenolic OH excluding ortho intramolecular Hbond substituents is 1. The fourth-order valence-corrected chi connectivity index (χ4v) is 1.84. The Morgan fingerprint density at radius 2 is 2.24 bits per heavy atom. The summed E-state index contributed by atoms with van der Waals surface area (Å²) in [4.78, 5) is 8.09. The van der Waals surface area contributed by atoms with Crippen molar-refractivity contribution in [2.75, 3.05) is 7.11 Å². The molecule has 3 aromatic rings. The lowest BCUT2D eigenvalue weighted by molar-refractivity contribution is 0.373. The lowest BCUT2D eigenvalue weighted by Gasteiger charge is -2.04. The zero-order chi connectivity index (χ0) is 14.7. The first kappa shape index (κ1) is 13.0. The quantitative estimate of drug-likeness (QED) is 0.715. The van der Waals surface area contributed by atoms with E-state index in [0.29, 0.717) is 29.1 Å². The van der Waals surface area contributed by atoms with E-state index in [9.17, 15) is 5.11 Å². The lowest BCUT2D eigenvalue weighted by atomic mass is 10.2. The SMILES string of the molecule is COc1cc(CN=Nc2ncnc3[nH]ncc23)ccc1O. The molecular formula is C13H12N6O2. The van der Waals surface area contributed by atoms with Crippen LogP contribution in [0.3, 0.4) is 0 Å². The molecule has 2 N–H and O–H groups in total. The average molecular weight is 284 g/mol. The summed E-state index contributed by atoms with van der Waals surface area (Å²) < 4.78 is 5.04. The maximum Gasteiger partial charge on any atom is 0.188 e. The average Bonchev–Trinajstić information content (AvgIpc) is 2.98. The molecule has 1 aromatic carbocycles. The number of nitrogens with one attached hydrogen (secondary N) is 1. The summed E-state index contributed by atoms with van der Waals surface area (Å²) in [5, 5.41) is 25.1. The van der Waals surface area contributed by atoms with Crippen molar-refractivity contribution in [3.8, 4) is 11.5 Å². The number of H-pyrrole nitrogens is 1. The number of hydrogen-bond donors (Lipinski definition) is 2. The van der Waals surface area contributed by atoms with Gasteiger partial charge in [0, 0.05) is 0 Å². The predicted octanol–water partition coefficient (Wildman–Crippen LogP) is 2.35. The van der Waals surface area contributed by atoms with Crippen LogP contribution in [-0.4, -0.2) is 32.4 Å². The maximum absolute atomic E-state index is 9.53. The highest BCUT2D eigenvalue weighted by Gasteiger charge is 2.04. The van der Waals surface area contributed by atoms with Crippen molar-refractivity contribution in [2.45, 2.75) is 6.54 Å². The van der Waals surface area contributed by atoms with Crippen molar-refractivity contribution in [1.82, 2.24) is 20.2 Å². The highest BCUT2D eigenvalue weighted by atomic mass is 16.5. The molecule has 8 heteroatoms. The summed E-state index contributed by atoms with van der Waals surface area (Å²) in [6.45, 7) is 0.347. The highest BCUT2D eigenvalue weighted by Crippen LogP contribution is 2.27. The number of fused-ring (bicyclic) bond motifs is 1. The van der Waals surface area contributed by atoms with E-state index >= 15 is 0 Å². The van der Waals surface area contributed by atoms with E-state index in [1.165, 1.54) is 13.4 Å². The van der Waals surface area contributed by atoms with Crippen LogP contribution in [0.15, 0.2) is 41.0 Å². The Morgan fingerprint density at radius 3 is 3.10 bits per heavy atom. The van der Waals surface area contributed by atoms with E-state index in [0.717, 1.165) is 5.56 Å². The standard InChI is InChI=1S/C13H12N6O2/c1-21-11-4-8(2-3-10(11)20)5-16-18-12-9-6-17-19-13(9)15-7-14-12/h2-4,6-7,20H,5H2,1H3,(H,14,15,17,19). The summed E-state index contributed by atoms with van der Waals surface area (Å²) in [5.41, 5.74) is 1.48. The molecule has 0 radical (unpaired) electrons. The van der Waals surface area contributed by atoms with Crippen LogP contribution in [0.2, 0.25) is 0 Å². The number of nitrogens with zero attached hydrogens (tertiary/aromatic N) is 5. The summed E-state index contributed by atoms with van der Waals surface area (Å²) in [6.07, 6.45) is 3.01. The predicted molar refractivity (Wildman–Crippen MR) is 74.6 cm³/mol. The molecule has 0 saturated carbocycles. The normalized spacial score (nSPS) is 11.3. The van der Waals surface area contributed by atoms with Crippen LogP contribution in [0.5, 0.6) is 11.5 Å². The minimum atomic E-state index is 0.0918. The number of aromatic hydroxyl groups is 1. The topological polar surface area (TPSA) is 109 Å².